The molecule has 2 rings (SSSR count). The molecule has 1 nitrogen and oxygen atoms in total. The van der Waals surface area contributed by atoms with Gasteiger partial charge in [-0.05, 0) is 56.2 Å². The van der Waals surface area contributed by atoms with Crippen molar-refractivity contribution < 1.29 is 0 Å². The van der Waals surface area contributed by atoms with E-state index in [1.165, 1.54) is 31.2 Å². The molecule has 0 saturated carbocycles. The summed E-state index contributed by atoms with van der Waals surface area (Å²) in [6.07, 6.45) is 5.06. The summed E-state index contributed by atoms with van der Waals surface area (Å²) in [5.74, 6) is 0.737. The number of hydrogen-bond donors (Lipinski definition) is 1. The van der Waals surface area contributed by atoms with Crippen molar-refractivity contribution in [2.45, 2.75) is 58.4 Å². The molecule has 17 heavy (non-hydrogen) atoms. The average molecular weight is 231 g/mol. The summed E-state index contributed by atoms with van der Waals surface area (Å²) < 4.78 is 0. The highest BCUT2D eigenvalue weighted by molar-refractivity contribution is 5.39. The fourth-order valence-corrected chi connectivity index (χ4v) is 3.07. The second-order valence-electron chi connectivity index (χ2n) is 5.32. The molecule has 1 heteroatoms. The van der Waals surface area contributed by atoms with Crippen LogP contribution in [0.1, 0.15) is 55.7 Å². The largest absolute Gasteiger partial charge is 0.313 e. The van der Waals surface area contributed by atoms with Crippen molar-refractivity contribution in [1.29, 1.82) is 0 Å². The fourth-order valence-electron chi connectivity index (χ4n) is 3.07. The summed E-state index contributed by atoms with van der Waals surface area (Å²) in [5, 5.41) is 3.72. The molecule has 0 radical (unpaired) electrons. The van der Waals surface area contributed by atoms with Crippen LogP contribution >= 0.6 is 0 Å². The lowest BCUT2D eigenvalue weighted by Crippen LogP contribution is -2.34. The molecule has 1 aromatic carbocycles. The molecular formula is C16H25N. The van der Waals surface area contributed by atoms with Gasteiger partial charge in [0.25, 0.3) is 0 Å². The third-order valence-electron chi connectivity index (χ3n) is 4.01. The quantitative estimate of drug-likeness (QED) is 0.812. The van der Waals surface area contributed by atoms with Crippen LogP contribution in [0, 0.1) is 6.92 Å². The Morgan fingerprint density at radius 3 is 2.88 bits per heavy atom. The number of hydrogen-bond acceptors (Lipinski definition) is 1. The Morgan fingerprint density at radius 2 is 2.18 bits per heavy atom. The van der Waals surface area contributed by atoms with Crippen LogP contribution in [0.4, 0.5) is 0 Å². The zero-order chi connectivity index (χ0) is 12.3. The van der Waals surface area contributed by atoms with Gasteiger partial charge in [0, 0.05) is 6.04 Å². The van der Waals surface area contributed by atoms with E-state index in [0.717, 1.165) is 12.5 Å². The smallest absolute Gasteiger partial charge is 0.0133 e. The minimum Gasteiger partial charge on any atom is -0.313 e. The summed E-state index contributed by atoms with van der Waals surface area (Å²) >= 11 is 0. The first-order valence-electron chi connectivity index (χ1n) is 7.09. The van der Waals surface area contributed by atoms with Crippen LogP contribution < -0.4 is 5.32 Å². The number of aryl methyl sites for hydroxylation is 2. The molecule has 2 atom stereocenters. The Labute approximate surface area is 106 Å². The van der Waals surface area contributed by atoms with Crippen LogP contribution in [0.2, 0.25) is 0 Å². The van der Waals surface area contributed by atoms with Crippen molar-refractivity contribution in [2.24, 2.45) is 0 Å². The third kappa shape index (κ3) is 2.71. The second-order valence-corrected chi connectivity index (χ2v) is 5.32. The van der Waals surface area contributed by atoms with Gasteiger partial charge in [-0.15, -0.1) is 0 Å². The van der Waals surface area contributed by atoms with E-state index >= 15 is 0 Å². The first-order valence-corrected chi connectivity index (χ1v) is 7.09. The molecule has 2 unspecified atom stereocenters. The van der Waals surface area contributed by atoms with Crippen LogP contribution in [0.3, 0.4) is 0 Å². The maximum absolute atomic E-state index is 3.72. The summed E-state index contributed by atoms with van der Waals surface area (Å²) in [6, 6.07) is 7.65. The molecular weight excluding hydrogens is 206 g/mol. The first-order chi connectivity index (χ1) is 8.26. The van der Waals surface area contributed by atoms with Crippen LogP contribution in [-0.2, 0) is 6.42 Å². The van der Waals surface area contributed by atoms with E-state index < -0.39 is 0 Å². The van der Waals surface area contributed by atoms with Gasteiger partial charge in [0.15, 0.2) is 0 Å². The highest BCUT2D eigenvalue weighted by Gasteiger charge is 2.28. The Morgan fingerprint density at radius 1 is 1.35 bits per heavy atom. The van der Waals surface area contributed by atoms with Gasteiger partial charge < -0.3 is 5.32 Å². The van der Waals surface area contributed by atoms with E-state index in [-0.39, 0.29) is 0 Å². The van der Waals surface area contributed by atoms with Crippen LogP contribution in [0.15, 0.2) is 18.2 Å². The predicted octanol–water partition coefficient (Wildman–Crippen LogP) is 3.80. The van der Waals surface area contributed by atoms with E-state index in [1.807, 2.05) is 0 Å². The van der Waals surface area contributed by atoms with Gasteiger partial charge in [-0.25, -0.2) is 0 Å². The summed E-state index contributed by atoms with van der Waals surface area (Å²) in [6.45, 7) is 7.90. The van der Waals surface area contributed by atoms with E-state index in [1.54, 1.807) is 11.1 Å². The van der Waals surface area contributed by atoms with E-state index in [0.29, 0.717) is 6.04 Å². The average Bonchev–Trinajstić information content (AvgIpc) is 2.73. The van der Waals surface area contributed by atoms with Gasteiger partial charge in [0.2, 0.25) is 0 Å². The topological polar surface area (TPSA) is 12.0 Å². The fraction of sp³-hybridized carbons (Fsp3) is 0.625. The molecule has 0 aromatic heterocycles. The molecule has 1 aliphatic carbocycles. The molecule has 1 aromatic rings. The maximum atomic E-state index is 3.72. The van der Waals surface area contributed by atoms with Gasteiger partial charge in [-0.1, -0.05) is 37.6 Å². The molecule has 94 valence electrons. The molecule has 0 bridgehead atoms. The Bertz CT molecular complexity index is 370. The van der Waals surface area contributed by atoms with Gasteiger partial charge in [-0.2, -0.15) is 0 Å². The van der Waals surface area contributed by atoms with E-state index in [9.17, 15) is 0 Å². The van der Waals surface area contributed by atoms with Crippen LogP contribution in [-0.4, -0.2) is 12.6 Å². The van der Waals surface area contributed by atoms with Crippen molar-refractivity contribution in [3.05, 3.63) is 34.9 Å². The Kier molecular flexibility index (Phi) is 4.22. The van der Waals surface area contributed by atoms with Crippen LogP contribution in [0.25, 0.3) is 0 Å². The number of nitrogens with one attached hydrogen (secondary N) is 1. The van der Waals surface area contributed by atoms with Crippen molar-refractivity contribution in [3.63, 3.8) is 0 Å². The zero-order valence-electron chi connectivity index (χ0n) is 11.4. The van der Waals surface area contributed by atoms with E-state index in [2.05, 4.69) is 44.3 Å². The lowest BCUT2D eigenvalue weighted by Gasteiger charge is -2.24. The monoisotopic (exact) mass is 231 g/mol. The maximum Gasteiger partial charge on any atom is 0.0133 e. The van der Waals surface area contributed by atoms with E-state index in [4.69, 9.17) is 0 Å². The van der Waals surface area contributed by atoms with Gasteiger partial charge in [0.1, 0.15) is 0 Å². The minimum atomic E-state index is 0.665. The Balaban J connectivity index is 2.16. The molecule has 0 amide bonds. The normalized spacial score (nSPS) is 20.3. The van der Waals surface area contributed by atoms with Gasteiger partial charge >= 0.3 is 0 Å². The lowest BCUT2D eigenvalue weighted by molar-refractivity contribution is 0.418. The predicted molar refractivity (Wildman–Crippen MR) is 74.6 cm³/mol. The summed E-state index contributed by atoms with van der Waals surface area (Å²) in [7, 11) is 0. The Hall–Kier alpha value is -0.820. The second kappa shape index (κ2) is 5.68. The summed E-state index contributed by atoms with van der Waals surface area (Å²) in [4.78, 5) is 0. The van der Waals surface area contributed by atoms with Gasteiger partial charge in [-0.3, -0.25) is 0 Å². The number of benzene rings is 1. The molecule has 0 fully saturated rings. The van der Waals surface area contributed by atoms with Gasteiger partial charge in [0.05, 0.1) is 0 Å². The third-order valence-corrected chi connectivity index (χ3v) is 4.01. The molecule has 0 heterocycles. The highest BCUT2D eigenvalue weighted by Crippen LogP contribution is 2.36. The van der Waals surface area contributed by atoms with Crippen LogP contribution in [0.5, 0.6) is 0 Å². The molecule has 0 spiro atoms. The molecule has 1 aliphatic rings. The SMILES string of the molecule is CCCNC(CC)C1CCc2ccc(C)cc21. The van der Waals surface area contributed by atoms with Crippen molar-refractivity contribution in [1.82, 2.24) is 5.32 Å². The standard InChI is InChI=1S/C16H25N/c1-4-10-17-16(5-2)14-9-8-13-7-6-12(3)11-15(13)14/h6-7,11,14,16-17H,4-5,8-10H2,1-3H3. The van der Waals surface area contributed by atoms with Crippen molar-refractivity contribution in [3.8, 4) is 0 Å². The number of rotatable bonds is 5. The minimum absolute atomic E-state index is 0.665. The zero-order valence-corrected chi connectivity index (χ0v) is 11.4. The lowest BCUT2D eigenvalue weighted by atomic mass is 9.90. The highest BCUT2D eigenvalue weighted by atomic mass is 14.9. The molecule has 0 saturated heterocycles. The van der Waals surface area contributed by atoms with Crippen molar-refractivity contribution >= 4 is 0 Å². The molecule has 1 N–H and O–H groups in total. The number of fused-ring (bicyclic) bond motifs is 1. The molecule has 0 aliphatic heterocycles. The first kappa shape index (κ1) is 12.6. The van der Waals surface area contributed by atoms with Crippen molar-refractivity contribution in [2.75, 3.05) is 6.54 Å². The summed E-state index contributed by atoms with van der Waals surface area (Å²) in [5.41, 5.74) is 4.60.